The third kappa shape index (κ3) is 2.82. The molecular weight excluding hydrogens is 323 g/mol. The first kappa shape index (κ1) is 15.6. The van der Waals surface area contributed by atoms with E-state index in [9.17, 15) is 14.0 Å². The molecule has 0 bridgehead atoms. The van der Waals surface area contributed by atoms with Crippen molar-refractivity contribution in [1.82, 2.24) is 19.1 Å². The van der Waals surface area contributed by atoms with Gasteiger partial charge in [0.1, 0.15) is 12.4 Å². The first-order valence-electron chi connectivity index (χ1n) is 8.22. The van der Waals surface area contributed by atoms with Gasteiger partial charge in [0.25, 0.3) is 0 Å². The van der Waals surface area contributed by atoms with Crippen LogP contribution in [-0.4, -0.2) is 31.5 Å². The maximum Gasteiger partial charge on any atom is 0.350 e. The molecule has 1 unspecified atom stereocenters. The van der Waals surface area contributed by atoms with Crippen molar-refractivity contribution >= 4 is 11.6 Å². The molecule has 4 rings (SSSR count). The van der Waals surface area contributed by atoms with Crippen LogP contribution in [0.2, 0.25) is 0 Å². The predicted octanol–water partition coefficient (Wildman–Crippen LogP) is 2.00. The van der Waals surface area contributed by atoms with Crippen LogP contribution in [0.25, 0.3) is 5.65 Å². The Labute approximate surface area is 143 Å². The van der Waals surface area contributed by atoms with E-state index in [0.717, 1.165) is 18.4 Å². The van der Waals surface area contributed by atoms with Crippen molar-refractivity contribution in [2.24, 2.45) is 0 Å². The molecule has 1 aliphatic rings. The first-order valence-corrected chi connectivity index (χ1v) is 8.22. The molecule has 3 aromatic rings. The normalized spacial score (nSPS) is 17.3. The molecule has 1 fully saturated rings. The molecule has 0 N–H and O–H groups in total. The number of pyridine rings is 1. The molecule has 7 heteroatoms. The zero-order chi connectivity index (χ0) is 17.4. The number of benzene rings is 1. The quantitative estimate of drug-likeness (QED) is 0.733. The highest BCUT2D eigenvalue weighted by Gasteiger charge is 2.30. The summed E-state index contributed by atoms with van der Waals surface area (Å²) in [6.45, 7) is 0.529. The lowest BCUT2D eigenvalue weighted by molar-refractivity contribution is -0.133. The van der Waals surface area contributed by atoms with Crippen LogP contribution in [0.4, 0.5) is 4.39 Å². The highest BCUT2D eigenvalue weighted by molar-refractivity contribution is 5.76. The van der Waals surface area contributed by atoms with Gasteiger partial charge in [0.15, 0.2) is 5.65 Å². The number of carbonyl (C=O) groups excluding carboxylic acids is 1. The molecule has 2 aromatic heterocycles. The van der Waals surface area contributed by atoms with Crippen LogP contribution >= 0.6 is 0 Å². The molecule has 1 aromatic carbocycles. The second-order valence-electron chi connectivity index (χ2n) is 6.17. The van der Waals surface area contributed by atoms with Crippen molar-refractivity contribution in [2.45, 2.75) is 25.4 Å². The van der Waals surface area contributed by atoms with Crippen LogP contribution in [0, 0.1) is 5.82 Å². The minimum Gasteiger partial charge on any atom is -0.334 e. The van der Waals surface area contributed by atoms with E-state index < -0.39 is 0 Å². The molecule has 1 amide bonds. The molecule has 1 atom stereocenters. The number of hydrogen-bond donors (Lipinski definition) is 0. The minimum atomic E-state index is -0.332. The first-order chi connectivity index (χ1) is 12.1. The smallest absolute Gasteiger partial charge is 0.334 e. The Morgan fingerprint density at radius 2 is 2.00 bits per heavy atom. The van der Waals surface area contributed by atoms with Crippen molar-refractivity contribution in [3.63, 3.8) is 0 Å². The van der Waals surface area contributed by atoms with E-state index in [0.29, 0.717) is 12.2 Å². The van der Waals surface area contributed by atoms with E-state index in [4.69, 9.17) is 0 Å². The second kappa shape index (κ2) is 6.16. The fourth-order valence-corrected chi connectivity index (χ4v) is 3.39. The van der Waals surface area contributed by atoms with Gasteiger partial charge in [0.05, 0.1) is 6.04 Å². The van der Waals surface area contributed by atoms with Crippen molar-refractivity contribution < 1.29 is 9.18 Å². The molecule has 128 valence electrons. The average molecular weight is 340 g/mol. The van der Waals surface area contributed by atoms with E-state index in [-0.39, 0.29) is 30.0 Å². The van der Waals surface area contributed by atoms with Crippen molar-refractivity contribution in [3.8, 4) is 0 Å². The summed E-state index contributed by atoms with van der Waals surface area (Å²) < 4.78 is 15.7. The molecule has 6 nitrogen and oxygen atoms in total. The van der Waals surface area contributed by atoms with E-state index in [1.165, 1.54) is 21.2 Å². The molecule has 0 radical (unpaired) electrons. The van der Waals surface area contributed by atoms with Gasteiger partial charge >= 0.3 is 5.69 Å². The second-order valence-corrected chi connectivity index (χ2v) is 6.17. The Balaban J connectivity index is 1.58. The van der Waals surface area contributed by atoms with Crippen LogP contribution in [0.3, 0.4) is 0 Å². The van der Waals surface area contributed by atoms with Gasteiger partial charge in [-0.1, -0.05) is 18.2 Å². The summed E-state index contributed by atoms with van der Waals surface area (Å²) >= 11 is 0. The number of nitrogens with zero attached hydrogens (tertiary/aromatic N) is 4. The van der Waals surface area contributed by atoms with Crippen LogP contribution < -0.4 is 5.69 Å². The van der Waals surface area contributed by atoms with Gasteiger partial charge < -0.3 is 4.90 Å². The monoisotopic (exact) mass is 340 g/mol. The van der Waals surface area contributed by atoms with Crippen LogP contribution in [0.5, 0.6) is 0 Å². The van der Waals surface area contributed by atoms with Crippen LogP contribution in [0.1, 0.15) is 24.4 Å². The zero-order valence-corrected chi connectivity index (χ0v) is 13.5. The summed E-state index contributed by atoms with van der Waals surface area (Å²) in [7, 11) is 0. The SMILES string of the molecule is O=C(Cn1nc2ccccn2c1=O)N1CCCC1c1ccc(F)cc1. The summed E-state index contributed by atoms with van der Waals surface area (Å²) in [5.74, 6) is -0.451. The van der Waals surface area contributed by atoms with Gasteiger partial charge in [-0.2, -0.15) is 0 Å². The van der Waals surface area contributed by atoms with Gasteiger partial charge in [0.2, 0.25) is 5.91 Å². The van der Waals surface area contributed by atoms with Gasteiger partial charge in [-0.15, -0.1) is 5.10 Å². The van der Waals surface area contributed by atoms with Gasteiger partial charge in [-0.3, -0.25) is 9.20 Å². The minimum absolute atomic E-state index is 0.0826. The number of carbonyl (C=O) groups is 1. The Bertz CT molecular complexity index is 977. The van der Waals surface area contributed by atoms with Crippen molar-refractivity contribution in [3.05, 3.63) is 70.5 Å². The molecular formula is C18H17FN4O2. The lowest BCUT2D eigenvalue weighted by Crippen LogP contribution is -2.36. The molecule has 3 heterocycles. The average Bonchev–Trinajstić information content (AvgIpc) is 3.22. The Morgan fingerprint density at radius 1 is 1.20 bits per heavy atom. The lowest BCUT2D eigenvalue weighted by atomic mass is 10.0. The van der Waals surface area contributed by atoms with E-state index in [1.807, 2.05) is 0 Å². The van der Waals surface area contributed by atoms with Crippen LogP contribution in [0.15, 0.2) is 53.5 Å². The summed E-state index contributed by atoms with van der Waals surface area (Å²) in [6, 6.07) is 11.4. The Kier molecular flexibility index (Phi) is 3.83. The molecule has 0 spiro atoms. The fraction of sp³-hybridized carbons (Fsp3) is 0.278. The van der Waals surface area contributed by atoms with Gasteiger partial charge in [-0.25, -0.2) is 13.9 Å². The topological polar surface area (TPSA) is 59.6 Å². The van der Waals surface area contributed by atoms with Crippen molar-refractivity contribution in [1.29, 1.82) is 0 Å². The zero-order valence-electron chi connectivity index (χ0n) is 13.5. The Hall–Kier alpha value is -2.96. The maximum atomic E-state index is 13.1. The van der Waals surface area contributed by atoms with Crippen molar-refractivity contribution in [2.75, 3.05) is 6.54 Å². The number of fused-ring (bicyclic) bond motifs is 1. The lowest BCUT2D eigenvalue weighted by Gasteiger charge is -2.25. The molecule has 0 aliphatic carbocycles. The van der Waals surface area contributed by atoms with Gasteiger partial charge in [-0.05, 0) is 42.7 Å². The number of aromatic nitrogens is 3. The van der Waals surface area contributed by atoms with Crippen LogP contribution in [-0.2, 0) is 11.3 Å². The number of amides is 1. The van der Waals surface area contributed by atoms with Gasteiger partial charge in [0, 0.05) is 12.7 Å². The number of hydrogen-bond acceptors (Lipinski definition) is 3. The molecule has 1 aliphatic heterocycles. The molecule has 25 heavy (non-hydrogen) atoms. The molecule has 1 saturated heterocycles. The Morgan fingerprint density at radius 3 is 2.76 bits per heavy atom. The summed E-state index contributed by atoms with van der Waals surface area (Å²) in [4.78, 5) is 26.8. The summed E-state index contributed by atoms with van der Waals surface area (Å²) in [6.07, 6.45) is 3.34. The predicted molar refractivity (Wildman–Crippen MR) is 89.5 cm³/mol. The number of halogens is 1. The highest BCUT2D eigenvalue weighted by atomic mass is 19.1. The maximum absolute atomic E-state index is 13.1. The summed E-state index contributed by atoms with van der Waals surface area (Å²) in [5, 5.41) is 4.20. The highest BCUT2D eigenvalue weighted by Crippen LogP contribution is 2.32. The largest absolute Gasteiger partial charge is 0.350 e. The fourth-order valence-electron chi connectivity index (χ4n) is 3.39. The molecule has 0 saturated carbocycles. The summed E-state index contributed by atoms with van der Waals surface area (Å²) in [5.41, 5.74) is 1.09. The third-order valence-corrected chi connectivity index (χ3v) is 4.60. The number of likely N-dealkylation sites (tertiary alicyclic amines) is 1. The standard InChI is InChI=1S/C18H17FN4O2/c19-14-8-6-13(7-9-14)15-4-3-11-21(15)17(24)12-23-18(25)22-10-2-1-5-16(22)20-23/h1-2,5-10,15H,3-4,11-12H2. The number of rotatable bonds is 3. The third-order valence-electron chi connectivity index (χ3n) is 4.60. The van der Waals surface area contributed by atoms with E-state index in [1.54, 1.807) is 41.4 Å². The van der Waals surface area contributed by atoms with E-state index >= 15 is 0 Å². The van der Waals surface area contributed by atoms with E-state index in [2.05, 4.69) is 5.10 Å².